The highest BCUT2D eigenvalue weighted by atomic mass is 32.2. The monoisotopic (exact) mass is 497 g/mol. The Hall–Kier alpha value is -3.47. The number of imidazole rings is 1. The fraction of sp³-hybridized carbons (Fsp3) is 0.417. The number of ether oxygens (including phenoxy) is 2. The van der Waals surface area contributed by atoms with E-state index in [-0.39, 0.29) is 5.91 Å². The molecule has 0 saturated carbocycles. The Balaban J connectivity index is 1.49. The molecule has 1 atom stereocenters. The lowest BCUT2D eigenvalue weighted by atomic mass is 9.96. The van der Waals surface area contributed by atoms with Gasteiger partial charge in [-0.05, 0) is 30.3 Å². The molecule has 1 aromatic carbocycles. The van der Waals surface area contributed by atoms with Crippen molar-refractivity contribution in [3.63, 3.8) is 0 Å². The van der Waals surface area contributed by atoms with Crippen LogP contribution in [0, 0.1) is 5.41 Å². The summed E-state index contributed by atoms with van der Waals surface area (Å²) in [5.41, 5.74) is 8.75. The lowest BCUT2D eigenvalue weighted by Crippen LogP contribution is -2.35. The number of amides is 1. The number of anilines is 2. The molecule has 3 heterocycles. The van der Waals surface area contributed by atoms with Gasteiger partial charge in [0.25, 0.3) is 6.29 Å². The topological polar surface area (TPSA) is 120 Å². The predicted molar refractivity (Wildman–Crippen MR) is 136 cm³/mol. The van der Waals surface area contributed by atoms with Crippen LogP contribution in [0.4, 0.5) is 11.5 Å². The number of fused-ring (bicyclic) bond motifs is 1. The van der Waals surface area contributed by atoms with Gasteiger partial charge in [0.2, 0.25) is 11.0 Å². The number of hydrogen-bond acceptors (Lipinski definition) is 9. The second-order valence-corrected chi connectivity index (χ2v) is 10.4. The Kier molecular flexibility index (Phi) is 7.06. The van der Waals surface area contributed by atoms with E-state index in [0.29, 0.717) is 46.7 Å². The number of thioether (sulfide) groups is 1. The van der Waals surface area contributed by atoms with Crippen LogP contribution >= 0.6 is 11.8 Å². The Morgan fingerprint density at radius 3 is 2.77 bits per heavy atom. The van der Waals surface area contributed by atoms with Crippen molar-refractivity contribution >= 4 is 40.3 Å². The smallest absolute Gasteiger partial charge is 0.269 e. The number of carbonyl (C=O) groups excluding carboxylic acids is 1. The van der Waals surface area contributed by atoms with E-state index in [1.165, 1.54) is 18.1 Å². The number of nitrogens with one attached hydrogen (secondary N) is 1. The Morgan fingerprint density at radius 1 is 1.26 bits per heavy atom. The quantitative estimate of drug-likeness (QED) is 0.449. The first-order valence-electron chi connectivity index (χ1n) is 11.4. The highest BCUT2D eigenvalue weighted by molar-refractivity contribution is 8.02. The summed E-state index contributed by atoms with van der Waals surface area (Å²) in [4.78, 5) is 27.3. The number of para-hydroxylation sites is 1. The molecule has 0 saturated heterocycles. The van der Waals surface area contributed by atoms with Gasteiger partial charge < -0.3 is 30.0 Å². The fourth-order valence-corrected chi connectivity index (χ4v) is 4.41. The predicted octanol–water partition coefficient (Wildman–Crippen LogP) is 3.66. The third-order valence-electron chi connectivity index (χ3n) is 5.43. The molecule has 0 radical (unpaired) electrons. The lowest BCUT2D eigenvalue weighted by Gasteiger charge is -2.20. The van der Waals surface area contributed by atoms with Gasteiger partial charge in [-0.2, -0.15) is 0 Å². The Morgan fingerprint density at radius 2 is 2.03 bits per heavy atom. The molecule has 0 bridgehead atoms. The maximum Gasteiger partial charge on any atom is 0.269 e. The fourth-order valence-electron chi connectivity index (χ4n) is 3.57. The first-order valence-corrected chi connectivity index (χ1v) is 12.2. The zero-order valence-corrected chi connectivity index (χ0v) is 21.4. The molecule has 0 spiro atoms. The summed E-state index contributed by atoms with van der Waals surface area (Å²) in [7, 11) is 3.96. The Bertz CT molecular complexity index is 1250. The van der Waals surface area contributed by atoms with Crippen molar-refractivity contribution in [1.29, 1.82) is 0 Å². The third kappa shape index (κ3) is 5.45. The summed E-state index contributed by atoms with van der Waals surface area (Å²) < 4.78 is 13.9. The van der Waals surface area contributed by atoms with Gasteiger partial charge >= 0.3 is 0 Å². The number of nitrogens with two attached hydrogens (primary N) is 1. The zero-order chi connectivity index (χ0) is 25.2. The van der Waals surface area contributed by atoms with Crippen molar-refractivity contribution in [3.8, 4) is 0 Å². The summed E-state index contributed by atoms with van der Waals surface area (Å²) in [6.07, 6.45) is 3.17. The van der Waals surface area contributed by atoms with Gasteiger partial charge in [-0.1, -0.05) is 32.9 Å². The van der Waals surface area contributed by atoms with Crippen LogP contribution in [0.2, 0.25) is 0 Å². The maximum atomic E-state index is 12.2. The molecule has 186 valence electrons. The summed E-state index contributed by atoms with van der Waals surface area (Å²) in [5.74, 6) is 0.326. The zero-order valence-electron chi connectivity index (χ0n) is 20.6. The SMILES string of the molecule is CN(C)c1ccccc1C1OC=C(Sc2nc3c(N)ncnc3n2CCCNC(=O)C(C)(C)C)O1. The molecule has 35 heavy (non-hydrogen) atoms. The summed E-state index contributed by atoms with van der Waals surface area (Å²) in [6, 6.07) is 7.94. The van der Waals surface area contributed by atoms with Crippen LogP contribution in [0.25, 0.3) is 11.2 Å². The molecule has 11 heteroatoms. The number of nitrogens with zero attached hydrogens (tertiary/aromatic N) is 5. The minimum Gasteiger partial charge on any atom is -0.454 e. The van der Waals surface area contributed by atoms with E-state index < -0.39 is 11.7 Å². The number of hydrogen-bond donors (Lipinski definition) is 2. The largest absolute Gasteiger partial charge is 0.454 e. The second kappa shape index (κ2) is 10.0. The molecule has 1 aliphatic rings. The number of benzene rings is 1. The number of rotatable bonds is 8. The molecule has 1 amide bonds. The van der Waals surface area contributed by atoms with Crippen molar-refractivity contribution in [2.75, 3.05) is 31.3 Å². The minimum absolute atomic E-state index is 0.0138. The van der Waals surface area contributed by atoms with Crippen LogP contribution in [0.15, 0.2) is 47.1 Å². The minimum atomic E-state index is -0.550. The first kappa shape index (κ1) is 24.6. The number of aromatic nitrogens is 4. The molecule has 0 aliphatic carbocycles. The van der Waals surface area contributed by atoms with E-state index >= 15 is 0 Å². The molecular formula is C24H31N7O3S. The van der Waals surface area contributed by atoms with E-state index in [9.17, 15) is 4.79 Å². The van der Waals surface area contributed by atoms with Crippen molar-refractivity contribution in [3.05, 3.63) is 47.5 Å². The van der Waals surface area contributed by atoms with Crippen molar-refractivity contribution < 1.29 is 14.3 Å². The van der Waals surface area contributed by atoms with Crippen LogP contribution < -0.4 is 16.0 Å². The van der Waals surface area contributed by atoms with E-state index in [2.05, 4.69) is 20.3 Å². The van der Waals surface area contributed by atoms with Gasteiger partial charge in [0.15, 0.2) is 22.1 Å². The van der Waals surface area contributed by atoms with E-state index in [1.807, 2.05) is 68.6 Å². The van der Waals surface area contributed by atoms with Gasteiger partial charge in [0.05, 0.1) is 5.56 Å². The standard InChI is InChI=1S/C24H31N7O3S/c1-24(2,3)22(32)26-11-8-12-31-20-18(19(25)27-14-28-20)29-23(31)35-17-13-33-21(34-17)15-9-6-7-10-16(15)30(4)5/h6-7,9-10,13-14,21H,8,11-12H2,1-5H3,(H,26,32)(H2,25,27,28). The van der Waals surface area contributed by atoms with Gasteiger partial charge in [-0.3, -0.25) is 4.79 Å². The maximum absolute atomic E-state index is 12.2. The molecule has 0 fully saturated rings. The van der Waals surface area contributed by atoms with Crippen LogP contribution in [0.5, 0.6) is 0 Å². The molecule has 3 N–H and O–H groups in total. The summed E-state index contributed by atoms with van der Waals surface area (Å²) in [6.45, 7) is 6.79. The molecule has 1 unspecified atom stereocenters. The van der Waals surface area contributed by atoms with Gasteiger partial charge in [0, 0.05) is 38.3 Å². The van der Waals surface area contributed by atoms with E-state index in [4.69, 9.17) is 15.2 Å². The van der Waals surface area contributed by atoms with Gasteiger partial charge in [-0.15, -0.1) is 0 Å². The van der Waals surface area contributed by atoms with E-state index in [0.717, 1.165) is 11.3 Å². The number of nitrogen functional groups attached to an aromatic ring is 1. The highest BCUT2D eigenvalue weighted by Crippen LogP contribution is 2.40. The van der Waals surface area contributed by atoms with Crippen LogP contribution in [-0.2, 0) is 20.8 Å². The number of aryl methyl sites for hydroxylation is 1. The van der Waals surface area contributed by atoms with Crippen LogP contribution in [-0.4, -0.2) is 46.1 Å². The average molecular weight is 498 g/mol. The Labute approximate surface area is 208 Å². The van der Waals surface area contributed by atoms with Gasteiger partial charge in [0.1, 0.15) is 12.6 Å². The highest BCUT2D eigenvalue weighted by Gasteiger charge is 2.27. The average Bonchev–Trinajstić information content (AvgIpc) is 3.41. The van der Waals surface area contributed by atoms with Crippen LogP contribution in [0.3, 0.4) is 0 Å². The van der Waals surface area contributed by atoms with Gasteiger partial charge in [-0.25, -0.2) is 15.0 Å². The first-order chi connectivity index (χ1) is 16.6. The van der Waals surface area contributed by atoms with Crippen molar-refractivity contribution in [1.82, 2.24) is 24.8 Å². The molecule has 1 aliphatic heterocycles. The normalized spacial score (nSPS) is 15.5. The second-order valence-electron chi connectivity index (χ2n) is 9.41. The molecule has 3 aromatic rings. The van der Waals surface area contributed by atoms with Crippen LogP contribution in [0.1, 0.15) is 39.0 Å². The van der Waals surface area contributed by atoms with Crippen molar-refractivity contribution in [2.24, 2.45) is 5.41 Å². The summed E-state index contributed by atoms with van der Waals surface area (Å²) in [5, 5.41) is 4.21. The molecule has 10 nitrogen and oxygen atoms in total. The third-order valence-corrected chi connectivity index (χ3v) is 6.31. The summed E-state index contributed by atoms with van der Waals surface area (Å²) >= 11 is 1.33. The molecular weight excluding hydrogens is 466 g/mol. The molecule has 2 aromatic heterocycles. The lowest BCUT2D eigenvalue weighted by molar-refractivity contribution is -0.128. The molecule has 4 rings (SSSR count). The van der Waals surface area contributed by atoms with Crippen molar-refractivity contribution in [2.45, 2.75) is 45.2 Å². The number of carbonyl (C=O) groups is 1. The van der Waals surface area contributed by atoms with E-state index in [1.54, 1.807) is 6.26 Å².